The summed E-state index contributed by atoms with van der Waals surface area (Å²) in [6.07, 6.45) is 5.51. The number of carbonyl (C=O) groups excluding carboxylic acids is 1. The summed E-state index contributed by atoms with van der Waals surface area (Å²) in [5.41, 5.74) is 3.66. The van der Waals surface area contributed by atoms with Gasteiger partial charge in [0.05, 0.1) is 6.54 Å². The van der Waals surface area contributed by atoms with Crippen LogP contribution in [0, 0.1) is 12.8 Å². The minimum atomic E-state index is -0.271. The third-order valence-corrected chi connectivity index (χ3v) is 6.74. The highest BCUT2D eigenvalue weighted by Gasteiger charge is 2.28. The summed E-state index contributed by atoms with van der Waals surface area (Å²) in [6.45, 7) is 20.1. The molecule has 0 aliphatic rings. The molecule has 1 aromatic carbocycles. The van der Waals surface area contributed by atoms with Gasteiger partial charge in [-0.2, -0.15) is 0 Å². The Morgan fingerprint density at radius 1 is 1.03 bits per heavy atom. The number of aromatic nitrogens is 2. The Kier molecular flexibility index (Phi) is 10.4. The van der Waals surface area contributed by atoms with Gasteiger partial charge in [0.15, 0.2) is 5.78 Å². The van der Waals surface area contributed by atoms with Gasteiger partial charge in [0.2, 0.25) is 5.62 Å². The van der Waals surface area contributed by atoms with E-state index in [-0.39, 0.29) is 40.1 Å². The van der Waals surface area contributed by atoms with Crippen LogP contribution >= 0.6 is 17.0 Å². The highest BCUT2D eigenvalue weighted by atomic mass is 79.9. The predicted octanol–water partition coefficient (Wildman–Crippen LogP) is 6.72. The van der Waals surface area contributed by atoms with E-state index in [1.165, 1.54) is 12.8 Å². The smallest absolute Gasteiger partial charge is 0.205 e. The molecule has 0 bridgehead atoms. The van der Waals surface area contributed by atoms with Gasteiger partial charge >= 0.3 is 0 Å². The van der Waals surface area contributed by atoms with E-state index in [0.29, 0.717) is 17.2 Å². The van der Waals surface area contributed by atoms with Crippen LogP contribution in [0.1, 0.15) is 102 Å². The molecule has 2 aromatic rings. The quantitative estimate of drug-likeness (QED) is 0.381. The molecule has 0 aliphatic heterocycles. The average molecular weight is 537 g/mol. The lowest BCUT2D eigenvalue weighted by Gasteiger charge is -2.28. The predicted molar refractivity (Wildman–Crippen MR) is 147 cm³/mol. The van der Waals surface area contributed by atoms with Crippen molar-refractivity contribution < 1.29 is 9.90 Å². The third-order valence-electron chi connectivity index (χ3n) is 6.74. The molecule has 192 valence electrons. The molecule has 34 heavy (non-hydrogen) atoms. The van der Waals surface area contributed by atoms with Crippen LogP contribution in [0.3, 0.4) is 0 Å². The number of hydrogen-bond acceptors (Lipinski definition) is 3. The van der Waals surface area contributed by atoms with E-state index >= 15 is 0 Å². The largest absolute Gasteiger partial charge is 0.507 e. The normalized spacial score (nSPS) is 12.9. The average Bonchev–Trinajstić information content (AvgIpc) is 3.01. The van der Waals surface area contributed by atoms with Gasteiger partial charge in [-0.1, -0.05) is 68.2 Å². The standard InChI is InChI=1S/C28H45N3O2.BrH/c1-11-20(12-2)13-14-31-19(3)17-30(26(31)29-10)18-24(32)21-15-22(27(4,5)6)25(33)23(16-21)28(7,8)9;/h15-17,20,33H,11-14,18H2,1-10H3;1H. The molecule has 1 aromatic heterocycles. The van der Waals surface area contributed by atoms with E-state index in [1.54, 1.807) is 7.05 Å². The molecule has 0 spiro atoms. The van der Waals surface area contributed by atoms with Gasteiger partial charge in [-0.3, -0.25) is 9.79 Å². The second-order valence-electron chi connectivity index (χ2n) is 11.4. The Hall–Kier alpha value is -1.82. The Morgan fingerprint density at radius 3 is 1.94 bits per heavy atom. The van der Waals surface area contributed by atoms with Crippen LogP contribution in [0.2, 0.25) is 0 Å². The zero-order valence-electron chi connectivity index (χ0n) is 23.0. The lowest BCUT2D eigenvalue weighted by molar-refractivity contribution is 0.0970. The van der Waals surface area contributed by atoms with Gasteiger partial charge in [0.25, 0.3) is 0 Å². The van der Waals surface area contributed by atoms with E-state index < -0.39 is 0 Å². The zero-order valence-corrected chi connectivity index (χ0v) is 24.7. The molecule has 0 saturated heterocycles. The summed E-state index contributed by atoms with van der Waals surface area (Å²) in [5.74, 6) is 1.03. The lowest BCUT2D eigenvalue weighted by Crippen LogP contribution is -2.29. The molecular weight excluding hydrogens is 490 g/mol. The number of aromatic hydroxyl groups is 1. The Morgan fingerprint density at radius 2 is 1.53 bits per heavy atom. The van der Waals surface area contributed by atoms with Gasteiger partial charge in [-0.25, -0.2) is 0 Å². The fourth-order valence-electron chi connectivity index (χ4n) is 4.50. The second-order valence-corrected chi connectivity index (χ2v) is 11.4. The number of benzene rings is 1. The minimum absolute atomic E-state index is 0. The first-order chi connectivity index (χ1) is 15.2. The van der Waals surface area contributed by atoms with Crippen molar-refractivity contribution in [2.75, 3.05) is 7.05 Å². The molecular formula is C28H46BrN3O2. The van der Waals surface area contributed by atoms with Crippen molar-refractivity contribution in [1.29, 1.82) is 0 Å². The topological polar surface area (TPSA) is 59.5 Å². The van der Waals surface area contributed by atoms with Crippen LogP contribution in [0.25, 0.3) is 0 Å². The van der Waals surface area contributed by atoms with E-state index in [9.17, 15) is 9.90 Å². The van der Waals surface area contributed by atoms with E-state index in [1.807, 2.05) is 22.9 Å². The molecule has 6 heteroatoms. The molecule has 0 atom stereocenters. The maximum absolute atomic E-state index is 13.5. The highest BCUT2D eigenvalue weighted by molar-refractivity contribution is 8.93. The molecule has 0 aliphatic carbocycles. The summed E-state index contributed by atoms with van der Waals surface area (Å²) in [5, 5.41) is 11.0. The van der Waals surface area contributed by atoms with Crippen LogP contribution in [0.5, 0.6) is 5.75 Å². The van der Waals surface area contributed by atoms with Crippen molar-refractivity contribution >= 4 is 22.8 Å². The summed E-state index contributed by atoms with van der Waals surface area (Å²) >= 11 is 0. The molecule has 2 rings (SSSR count). The van der Waals surface area contributed by atoms with Crippen LogP contribution in [-0.2, 0) is 23.9 Å². The molecule has 0 unspecified atom stereocenters. The molecule has 0 fully saturated rings. The number of phenolic OH excluding ortho intramolecular Hbond substituents is 1. The summed E-state index contributed by atoms with van der Waals surface area (Å²) < 4.78 is 4.19. The molecule has 0 saturated carbocycles. The second kappa shape index (κ2) is 11.7. The Balaban J connectivity index is 0.00000578. The number of phenols is 1. The number of ketones is 1. The van der Waals surface area contributed by atoms with E-state index in [0.717, 1.165) is 35.4 Å². The van der Waals surface area contributed by atoms with Gasteiger partial charge in [0.1, 0.15) is 5.75 Å². The van der Waals surface area contributed by atoms with Gasteiger partial charge < -0.3 is 14.2 Å². The zero-order chi connectivity index (χ0) is 25.1. The SMILES string of the molecule is Br.CCC(CC)CCn1c(C)cn(CC(=O)c2cc(C(C)(C)C)c(O)c(C(C)(C)C)c2)c1=NC. The maximum atomic E-state index is 13.5. The number of aryl methyl sites for hydroxylation is 1. The first-order valence-electron chi connectivity index (χ1n) is 12.3. The summed E-state index contributed by atoms with van der Waals surface area (Å²) in [6, 6.07) is 3.74. The van der Waals surface area contributed by atoms with E-state index in [2.05, 4.69) is 71.9 Å². The first kappa shape index (κ1) is 30.2. The Labute approximate surface area is 217 Å². The van der Waals surface area contributed by atoms with Crippen LogP contribution in [0.15, 0.2) is 23.3 Å². The number of carbonyl (C=O) groups is 1. The van der Waals surface area contributed by atoms with Crippen LogP contribution < -0.4 is 5.62 Å². The lowest BCUT2D eigenvalue weighted by atomic mass is 9.78. The number of hydrogen-bond donors (Lipinski definition) is 1. The molecule has 5 nitrogen and oxygen atoms in total. The van der Waals surface area contributed by atoms with Crippen molar-refractivity contribution in [1.82, 2.24) is 9.13 Å². The molecule has 1 heterocycles. The third kappa shape index (κ3) is 6.87. The van der Waals surface area contributed by atoms with Gasteiger partial charge in [0, 0.05) is 42.2 Å². The molecule has 0 amide bonds. The summed E-state index contributed by atoms with van der Waals surface area (Å²) in [4.78, 5) is 18.0. The van der Waals surface area contributed by atoms with Crippen molar-refractivity contribution in [3.8, 4) is 5.75 Å². The fraction of sp³-hybridized carbons (Fsp3) is 0.643. The number of imidazole rings is 1. The number of rotatable bonds is 8. The van der Waals surface area contributed by atoms with Crippen molar-refractivity contribution in [3.63, 3.8) is 0 Å². The monoisotopic (exact) mass is 535 g/mol. The first-order valence-corrected chi connectivity index (χ1v) is 12.3. The van der Waals surface area contributed by atoms with Crippen molar-refractivity contribution in [2.24, 2.45) is 10.9 Å². The maximum Gasteiger partial charge on any atom is 0.205 e. The summed E-state index contributed by atoms with van der Waals surface area (Å²) in [7, 11) is 1.79. The fourth-order valence-corrected chi connectivity index (χ4v) is 4.50. The van der Waals surface area contributed by atoms with E-state index in [4.69, 9.17) is 0 Å². The van der Waals surface area contributed by atoms with Crippen LogP contribution in [0.4, 0.5) is 0 Å². The van der Waals surface area contributed by atoms with Gasteiger partial charge in [-0.15, -0.1) is 17.0 Å². The number of Topliss-reactive ketones (excluding diaryl/α,β-unsaturated/α-hetero) is 1. The molecule has 1 N–H and O–H groups in total. The number of nitrogens with zero attached hydrogens (tertiary/aromatic N) is 3. The van der Waals surface area contributed by atoms with Crippen molar-refractivity contribution in [2.45, 2.75) is 105 Å². The van der Waals surface area contributed by atoms with Gasteiger partial charge in [-0.05, 0) is 42.2 Å². The minimum Gasteiger partial charge on any atom is -0.507 e. The number of halogens is 1. The Bertz CT molecular complexity index is 1010. The van der Waals surface area contributed by atoms with Crippen LogP contribution in [-0.4, -0.2) is 27.1 Å². The van der Waals surface area contributed by atoms with Crippen molar-refractivity contribution in [3.05, 3.63) is 46.3 Å². The molecule has 0 radical (unpaired) electrons. The highest BCUT2D eigenvalue weighted by Crippen LogP contribution is 2.39.